The molecule has 0 fully saturated rings. The molecule has 0 aromatic carbocycles. The van der Waals surface area contributed by atoms with E-state index in [1.165, 1.54) is 0 Å². The van der Waals surface area contributed by atoms with E-state index in [4.69, 9.17) is 10.8 Å². The van der Waals surface area contributed by atoms with Crippen LogP contribution in [-0.2, 0) is 0 Å². The normalized spacial score (nSPS) is 21.7. The zero-order chi connectivity index (χ0) is 13.2. The van der Waals surface area contributed by atoms with Crippen LogP contribution in [-0.4, -0.2) is 9.78 Å². The highest BCUT2D eigenvalue weighted by Gasteiger charge is 2.21. The molecule has 2 aliphatic carbocycles. The maximum Gasteiger partial charge on any atom is 0.141 e. The lowest BCUT2D eigenvalue weighted by Crippen LogP contribution is -2.05. The van der Waals surface area contributed by atoms with E-state index in [9.17, 15) is 0 Å². The van der Waals surface area contributed by atoms with Gasteiger partial charge in [-0.1, -0.05) is 36.5 Å². The van der Waals surface area contributed by atoms with Crippen molar-refractivity contribution in [1.29, 1.82) is 0 Å². The predicted octanol–water partition coefficient (Wildman–Crippen LogP) is 4.02. The van der Waals surface area contributed by atoms with Gasteiger partial charge in [0.2, 0.25) is 0 Å². The van der Waals surface area contributed by atoms with Gasteiger partial charge in [0.15, 0.2) is 0 Å². The molecule has 0 amide bonds. The van der Waals surface area contributed by atoms with Crippen molar-refractivity contribution in [2.45, 2.75) is 25.2 Å². The molecule has 3 rings (SSSR count). The van der Waals surface area contributed by atoms with Crippen molar-refractivity contribution in [2.24, 2.45) is 0 Å². The Hall–Kier alpha value is -1.55. The average molecular weight is 318 g/mol. The standard InChI is InChI=1S/C15H16BrN3/c16-13-14(11-7-3-1-4-8-11)18-19(15(13)17)12-9-5-2-6-10-12/h1,3-5,7,9-11H,2,6,8,17H2. The fourth-order valence-corrected chi connectivity index (χ4v) is 2.94. The molecule has 2 aliphatic rings. The van der Waals surface area contributed by atoms with Gasteiger partial charge in [-0.15, -0.1) is 0 Å². The third kappa shape index (κ3) is 2.32. The van der Waals surface area contributed by atoms with Gasteiger partial charge in [-0.2, -0.15) is 5.10 Å². The van der Waals surface area contributed by atoms with E-state index in [-0.39, 0.29) is 0 Å². The summed E-state index contributed by atoms with van der Waals surface area (Å²) < 4.78 is 2.75. The van der Waals surface area contributed by atoms with E-state index in [1.807, 2.05) is 4.68 Å². The molecule has 1 unspecified atom stereocenters. The van der Waals surface area contributed by atoms with Crippen LogP contribution >= 0.6 is 15.9 Å². The molecule has 98 valence electrons. The van der Waals surface area contributed by atoms with E-state index < -0.39 is 0 Å². The average Bonchev–Trinajstić information content (AvgIpc) is 2.77. The van der Waals surface area contributed by atoms with Crippen molar-refractivity contribution < 1.29 is 0 Å². The molecule has 0 bridgehead atoms. The highest BCUT2D eigenvalue weighted by molar-refractivity contribution is 9.10. The topological polar surface area (TPSA) is 43.8 Å². The molecule has 2 N–H and O–H groups in total. The first kappa shape index (κ1) is 12.5. The first-order chi connectivity index (χ1) is 9.27. The van der Waals surface area contributed by atoms with Gasteiger partial charge in [-0.05, 0) is 41.3 Å². The monoisotopic (exact) mass is 317 g/mol. The second-order valence-corrected chi connectivity index (χ2v) is 5.55. The smallest absolute Gasteiger partial charge is 0.141 e. The minimum atomic E-state index is 0.302. The Morgan fingerprint density at radius 2 is 2.16 bits per heavy atom. The van der Waals surface area contributed by atoms with E-state index in [0.717, 1.165) is 35.1 Å². The Balaban J connectivity index is 1.99. The number of anilines is 1. The summed E-state index contributed by atoms with van der Waals surface area (Å²) in [5, 5.41) is 4.70. The Kier molecular flexibility index (Phi) is 3.42. The maximum absolute atomic E-state index is 6.18. The summed E-state index contributed by atoms with van der Waals surface area (Å²) in [6.45, 7) is 0. The van der Waals surface area contributed by atoms with Gasteiger partial charge in [-0.25, -0.2) is 4.68 Å². The number of nitrogens with zero attached hydrogens (tertiary/aromatic N) is 2. The summed E-state index contributed by atoms with van der Waals surface area (Å²) >= 11 is 3.59. The van der Waals surface area contributed by atoms with Crippen LogP contribution in [0.4, 0.5) is 5.82 Å². The van der Waals surface area contributed by atoms with Crippen molar-refractivity contribution in [3.8, 4) is 0 Å². The van der Waals surface area contributed by atoms with Gasteiger partial charge in [0.25, 0.3) is 0 Å². The highest BCUT2D eigenvalue weighted by Crippen LogP contribution is 2.35. The van der Waals surface area contributed by atoms with Crippen LogP contribution in [0, 0.1) is 0 Å². The molecule has 1 heterocycles. The van der Waals surface area contributed by atoms with Crippen molar-refractivity contribution in [3.05, 3.63) is 52.7 Å². The lowest BCUT2D eigenvalue weighted by Gasteiger charge is -2.10. The fraction of sp³-hybridized carbons (Fsp3) is 0.267. The number of hydrogen-bond donors (Lipinski definition) is 1. The first-order valence-corrected chi connectivity index (χ1v) is 7.31. The van der Waals surface area contributed by atoms with E-state index >= 15 is 0 Å². The Morgan fingerprint density at radius 3 is 2.84 bits per heavy atom. The number of allylic oxidation sites excluding steroid dienone is 8. The van der Waals surface area contributed by atoms with Crippen LogP contribution in [0.2, 0.25) is 0 Å². The largest absolute Gasteiger partial charge is 0.383 e. The number of rotatable bonds is 2. The maximum atomic E-state index is 6.18. The van der Waals surface area contributed by atoms with E-state index in [2.05, 4.69) is 58.5 Å². The van der Waals surface area contributed by atoms with Gasteiger partial charge < -0.3 is 5.73 Å². The molecule has 1 aromatic heterocycles. The number of hydrogen-bond acceptors (Lipinski definition) is 2. The predicted molar refractivity (Wildman–Crippen MR) is 82.6 cm³/mol. The number of halogens is 1. The van der Waals surface area contributed by atoms with E-state index in [1.54, 1.807) is 0 Å². The van der Waals surface area contributed by atoms with Crippen LogP contribution in [0.15, 0.2) is 47.0 Å². The SMILES string of the molecule is Nc1c(Br)c(C2C=CC=CC2)nn1C1=CCCC=C1. The van der Waals surface area contributed by atoms with Gasteiger partial charge in [0, 0.05) is 5.92 Å². The van der Waals surface area contributed by atoms with Gasteiger partial charge in [0.05, 0.1) is 15.9 Å². The minimum absolute atomic E-state index is 0.302. The summed E-state index contributed by atoms with van der Waals surface area (Å²) in [5.74, 6) is 0.979. The Morgan fingerprint density at radius 1 is 1.26 bits per heavy atom. The van der Waals surface area contributed by atoms with Gasteiger partial charge in [-0.3, -0.25) is 0 Å². The molecule has 3 nitrogen and oxygen atoms in total. The van der Waals surface area contributed by atoms with Crippen LogP contribution in [0.1, 0.15) is 30.9 Å². The molecule has 0 saturated heterocycles. The van der Waals surface area contributed by atoms with Crippen LogP contribution in [0.25, 0.3) is 5.70 Å². The quantitative estimate of drug-likeness (QED) is 0.895. The zero-order valence-corrected chi connectivity index (χ0v) is 12.2. The Bertz CT molecular complexity index is 605. The van der Waals surface area contributed by atoms with E-state index in [0.29, 0.717) is 11.7 Å². The second kappa shape index (κ2) is 5.21. The van der Waals surface area contributed by atoms with Crippen LogP contribution in [0.3, 0.4) is 0 Å². The lowest BCUT2D eigenvalue weighted by molar-refractivity contribution is 0.772. The molecule has 0 aliphatic heterocycles. The third-order valence-corrected chi connectivity index (χ3v) is 4.25. The van der Waals surface area contributed by atoms with Crippen molar-refractivity contribution in [1.82, 2.24) is 9.78 Å². The van der Waals surface area contributed by atoms with Crippen molar-refractivity contribution in [3.63, 3.8) is 0 Å². The van der Waals surface area contributed by atoms with Gasteiger partial charge in [0.1, 0.15) is 5.82 Å². The third-order valence-electron chi connectivity index (χ3n) is 3.44. The highest BCUT2D eigenvalue weighted by atomic mass is 79.9. The molecule has 1 atom stereocenters. The molecule has 4 heteroatoms. The molecule has 19 heavy (non-hydrogen) atoms. The number of nitrogen functional groups attached to an aromatic ring is 1. The lowest BCUT2D eigenvalue weighted by atomic mass is 9.97. The summed E-state index contributed by atoms with van der Waals surface area (Å²) in [6, 6.07) is 0. The summed E-state index contributed by atoms with van der Waals surface area (Å²) in [4.78, 5) is 0. The molecule has 0 saturated carbocycles. The summed E-state index contributed by atoms with van der Waals surface area (Å²) in [6.07, 6.45) is 18.0. The molecule has 0 radical (unpaired) electrons. The van der Waals surface area contributed by atoms with Crippen molar-refractivity contribution >= 4 is 27.4 Å². The number of nitrogens with two attached hydrogens (primary N) is 1. The zero-order valence-electron chi connectivity index (χ0n) is 10.6. The molecule has 0 spiro atoms. The first-order valence-electron chi connectivity index (χ1n) is 6.51. The van der Waals surface area contributed by atoms with Crippen molar-refractivity contribution in [2.75, 3.05) is 5.73 Å². The minimum Gasteiger partial charge on any atom is -0.383 e. The van der Waals surface area contributed by atoms with Crippen LogP contribution < -0.4 is 5.73 Å². The van der Waals surface area contributed by atoms with Crippen LogP contribution in [0.5, 0.6) is 0 Å². The second-order valence-electron chi connectivity index (χ2n) is 4.76. The summed E-state index contributed by atoms with van der Waals surface area (Å²) in [7, 11) is 0. The van der Waals surface area contributed by atoms with Gasteiger partial charge >= 0.3 is 0 Å². The molecular formula is C15H16BrN3. The molecule has 1 aromatic rings. The number of aromatic nitrogens is 2. The fourth-order valence-electron chi connectivity index (χ4n) is 2.40. The Labute approximate surface area is 121 Å². The molecular weight excluding hydrogens is 302 g/mol. The summed E-state index contributed by atoms with van der Waals surface area (Å²) in [5.41, 5.74) is 8.25.